The molecule has 6 nitrogen and oxygen atoms in total. The highest BCUT2D eigenvalue weighted by atomic mass is 32.2. The minimum Gasteiger partial charge on any atom is -0.399 e. The predicted molar refractivity (Wildman–Crippen MR) is 107 cm³/mol. The summed E-state index contributed by atoms with van der Waals surface area (Å²) >= 11 is 0. The van der Waals surface area contributed by atoms with E-state index in [1.807, 2.05) is 24.4 Å². The standard InChI is InChI=1S/C20H20N4O2S/c21-15-4-2-6-17(10-15)27(25,26)24-16-5-1-3-13(9-16)20-8-7-14(12-23-20)18-11-19(18)22/h1-10,12,18-19,24H,11,21-22H2/t18-,19+/m1/s1. The lowest BCUT2D eigenvalue weighted by Crippen LogP contribution is -2.13. The summed E-state index contributed by atoms with van der Waals surface area (Å²) in [5.41, 5.74) is 15.2. The third-order valence-electron chi connectivity index (χ3n) is 4.63. The Hall–Kier alpha value is -2.90. The first kappa shape index (κ1) is 17.5. The minimum atomic E-state index is -3.71. The number of nitrogen functional groups attached to an aromatic ring is 1. The molecule has 1 aromatic heterocycles. The molecule has 0 bridgehead atoms. The smallest absolute Gasteiger partial charge is 0.261 e. The molecule has 27 heavy (non-hydrogen) atoms. The van der Waals surface area contributed by atoms with Crippen LogP contribution in [0.3, 0.4) is 0 Å². The van der Waals surface area contributed by atoms with Gasteiger partial charge in [0, 0.05) is 35.1 Å². The SMILES string of the molecule is Nc1cccc(S(=O)(=O)Nc2cccc(-c3ccc([C@H]4C[C@@H]4N)cn3)c2)c1. The Kier molecular flexibility index (Phi) is 4.33. The average molecular weight is 380 g/mol. The Morgan fingerprint density at radius 2 is 1.81 bits per heavy atom. The van der Waals surface area contributed by atoms with Gasteiger partial charge in [0.05, 0.1) is 10.6 Å². The maximum atomic E-state index is 12.6. The third-order valence-corrected chi connectivity index (χ3v) is 6.01. The van der Waals surface area contributed by atoms with Crippen molar-refractivity contribution in [1.82, 2.24) is 4.98 Å². The Bertz CT molecular complexity index is 1080. The molecule has 1 fully saturated rings. The van der Waals surface area contributed by atoms with Gasteiger partial charge in [-0.3, -0.25) is 9.71 Å². The number of nitrogens with two attached hydrogens (primary N) is 2. The molecule has 2 aromatic carbocycles. The second-order valence-electron chi connectivity index (χ2n) is 6.74. The molecule has 138 valence electrons. The molecular formula is C20H20N4O2S. The monoisotopic (exact) mass is 380 g/mol. The van der Waals surface area contributed by atoms with Gasteiger partial charge in [0.2, 0.25) is 0 Å². The Labute approximate surface area is 158 Å². The van der Waals surface area contributed by atoms with Crippen LogP contribution in [0.4, 0.5) is 11.4 Å². The summed E-state index contributed by atoms with van der Waals surface area (Å²) < 4.78 is 27.7. The first-order chi connectivity index (χ1) is 12.9. The minimum absolute atomic E-state index is 0.121. The molecule has 1 aliphatic carbocycles. The van der Waals surface area contributed by atoms with Gasteiger partial charge in [0.15, 0.2) is 0 Å². The van der Waals surface area contributed by atoms with E-state index in [9.17, 15) is 8.42 Å². The molecule has 3 aromatic rings. The number of nitrogens with one attached hydrogen (secondary N) is 1. The van der Waals surface area contributed by atoms with Crippen LogP contribution in [0.15, 0.2) is 71.8 Å². The van der Waals surface area contributed by atoms with Gasteiger partial charge in [-0.25, -0.2) is 8.42 Å². The first-order valence-electron chi connectivity index (χ1n) is 8.63. The third kappa shape index (κ3) is 3.79. The fraction of sp³-hybridized carbons (Fsp3) is 0.150. The zero-order chi connectivity index (χ0) is 19.0. The predicted octanol–water partition coefficient (Wildman–Crippen LogP) is 2.95. The highest BCUT2D eigenvalue weighted by Gasteiger charge is 2.34. The molecule has 0 radical (unpaired) electrons. The summed E-state index contributed by atoms with van der Waals surface area (Å²) in [6.45, 7) is 0. The van der Waals surface area contributed by atoms with Crippen LogP contribution in [0.2, 0.25) is 0 Å². The summed E-state index contributed by atoms with van der Waals surface area (Å²) in [7, 11) is -3.71. The van der Waals surface area contributed by atoms with E-state index in [2.05, 4.69) is 9.71 Å². The van der Waals surface area contributed by atoms with Crippen LogP contribution in [0, 0.1) is 0 Å². The van der Waals surface area contributed by atoms with E-state index >= 15 is 0 Å². The van der Waals surface area contributed by atoms with Crippen LogP contribution >= 0.6 is 0 Å². The molecule has 1 saturated carbocycles. The highest BCUT2D eigenvalue weighted by molar-refractivity contribution is 7.92. The van der Waals surface area contributed by atoms with Crippen LogP contribution in [0.5, 0.6) is 0 Å². The zero-order valence-corrected chi connectivity index (χ0v) is 15.4. The van der Waals surface area contributed by atoms with Crippen molar-refractivity contribution in [2.24, 2.45) is 5.73 Å². The number of aromatic nitrogens is 1. The van der Waals surface area contributed by atoms with E-state index in [0.29, 0.717) is 17.3 Å². The van der Waals surface area contributed by atoms with Gasteiger partial charge in [-0.2, -0.15) is 0 Å². The summed E-state index contributed by atoms with van der Waals surface area (Å²) in [6, 6.07) is 17.5. The molecule has 4 rings (SSSR count). The van der Waals surface area contributed by atoms with Gasteiger partial charge in [-0.15, -0.1) is 0 Å². The van der Waals surface area contributed by atoms with Crippen molar-refractivity contribution in [3.05, 3.63) is 72.4 Å². The number of rotatable bonds is 5. The Morgan fingerprint density at radius 3 is 2.48 bits per heavy atom. The second-order valence-corrected chi connectivity index (χ2v) is 8.42. The molecule has 0 amide bonds. The fourth-order valence-electron chi connectivity index (χ4n) is 3.03. The maximum Gasteiger partial charge on any atom is 0.261 e. The Morgan fingerprint density at radius 1 is 1.04 bits per heavy atom. The number of pyridine rings is 1. The molecule has 2 atom stereocenters. The molecule has 0 aliphatic heterocycles. The van der Waals surface area contributed by atoms with Crippen molar-refractivity contribution in [3.63, 3.8) is 0 Å². The maximum absolute atomic E-state index is 12.6. The lowest BCUT2D eigenvalue weighted by Gasteiger charge is -2.10. The van der Waals surface area contributed by atoms with Gasteiger partial charge >= 0.3 is 0 Å². The van der Waals surface area contributed by atoms with Gasteiger partial charge in [-0.1, -0.05) is 24.3 Å². The molecule has 5 N–H and O–H groups in total. The van der Waals surface area contributed by atoms with Gasteiger partial charge < -0.3 is 11.5 Å². The van der Waals surface area contributed by atoms with Crippen molar-refractivity contribution >= 4 is 21.4 Å². The summed E-state index contributed by atoms with van der Waals surface area (Å²) in [5, 5.41) is 0. The number of hydrogen-bond donors (Lipinski definition) is 3. The number of sulfonamides is 1. The summed E-state index contributed by atoms with van der Waals surface area (Å²) in [4.78, 5) is 4.62. The van der Waals surface area contributed by atoms with E-state index in [4.69, 9.17) is 11.5 Å². The van der Waals surface area contributed by atoms with Crippen LogP contribution in [-0.4, -0.2) is 19.4 Å². The number of nitrogens with zero attached hydrogens (tertiary/aromatic N) is 1. The molecule has 0 saturated heterocycles. The van der Waals surface area contributed by atoms with Crippen LogP contribution in [-0.2, 0) is 10.0 Å². The average Bonchev–Trinajstić information content (AvgIpc) is 3.38. The molecule has 0 unspecified atom stereocenters. The van der Waals surface area contributed by atoms with Gasteiger partial charge in [-0.05, 0) is 48.4 Å². The topological polar surface area (TPSA) is 111 Å². The summed E-state index contributed by atoms with van der Waals surface area (Å²) in [5.74, 6) is 0.406. The van der Waals surface area contributed by atoms with Crippen molar-refractivity contribution in [1.29, 1.82) is 0 Å². The molecule has 0 spiro atoms. The van der Waals surface area contributed by atoms with Crippen LogP contribution < -0.4 is 16.2 Å². The largest absolute Gasteiger partial charge is 0.399 e. The van der Waals surface area contributed by atoms with E-state index in [-0.39, 0.29) is 10.9 Å². The Balaban J connectivity index is 1.57. The first-order valence-corrected chi connectivity index (χ1v) is 10.1. The second kappa shape index (κ2) is 6.68. The van der Waals surface area contributed by atoms with Crippen LogP contribution in [0.1, 0.15) is 17.9 Å². The van der Waals surface area contributed by atoms with E-state index in [1.165, 1.54) is 12.1 Å². The van der Waals surface area contributed by atoms with E-state index in [0.717, 1.165) is 23.2 Å². The fourth-order valence-corrected chi connectivity index (χ4v) is 4.14. The molecule has 7 heteroatoms. The lowest BCUT2D eigenvalue weighted by molar-refractivity contribution is 0.601. The number of anilines is 2. The normalized spacial score (nSPS) is 18.9. The molecule has 1 heterocycles. The highest BCUT2D eigenvalue weighted by Crippen LogP contribution is 2.39. The van der Waals surface area contributed by atoms with Crippen molar-refractivity contribution in [3.8, 4) is 11.3 Å². The molecular weight excluding hydrogens is 360 g/mol. The lowest BCUT2D eigenvalue weighted by atomic mass is 10.1. The van der Waals surface area contributed by atoms with Crippen molar-refractivity contribution in [2.75, 3.05) is 10.5 Å². The van der Waals surface area contributed by atoms with Gasteiger partial charge in [0.25, 0.3) is 10.0 Å². The van der Waals surface area contributed by atoms with Gasteiger partial charge in [0.1, 0.15) is 0 Å². The molecule has 1 aliphatic rings. The quantitative estimate of drug-likeness (QED) is 0.589. The summed E-state index contributed by atoms with van der Waals surface area (Å²) in [6.07, 6.45) is 2.85. The number of hydrogen-bond acceptors (Lipinski definition) is 5. The van der Waals surface area contributed by atoms with E-state index in [1.54, 1.807) is 30.3 Å². The zero-order valence-electron chi connectivity index (χ0n) is 14.5. The number of benzene rings is 2. The van der Waals surface area contributed by atoms with Crippen molar-refractivity contribution < 1.29 is 8.42 Å². The van der Waals surface area contributed by atoms with Crippen LogP contribution in [0.25, 0.3) is 11.3 Å². The van der Waals surface area contributed by atoms with E-state index < -0.39 is 10.0 Å². The van der Waals surface area contributed by atoms with Crippen molar-refractivity contribution in [2.45, 2.75) is 23.3 Å².